The van der Waals surface area contributed by atoms with E-state index < -0.39 is 0 Å². The molecule has 0 aliphatic carbocycles. The number of hydrogen-bond acceptors (Lipinski definition) is 1. The Morgan fingerprint density at radius 2 is 2.00 bits per heavy atom. The Labute approximate surface area is 97.5 Å². The average Bonchev–Trinajstić information content (AvgIpc) is 2.67. The van der Waals surface area contributed by atoms with Crippen LogP contribution in [0.5, 0.6) is 0 Å². The van der Waals surface area contributed by atoms with Crippen molar-refractivity contribution in [1.82, 2.24) is 0 Å². The summed E-state index contributed by atoms with van der Waals surface area (Å²) in [5.41, 5.74) is 1.23. The molecule has 1 aromatic carbocycles. The van der Waals surface area contributed by atoms with Crippen LogP contribution in [0.4, 0.5) is 0 Å². The third-order valence-corrected chi connectivity index (χ3v) is 3.50. The summed E-state index contributed by atoms with van der Waals surface area (Å²) in [6.07, 6.45) is 2.88. The molecule has 1 aliphatic rings. The zero-order chi connectivity index (χ0) is 9.97. The van der Waals surface area contributed by atoms with Crippen LogP contribution < -0.4 is 0 Å². The smallest absolute Gasteiger partial charge is 0.0830 e. The average molecular weight is 276 g/mol. The van der Waals surface area contributed by atoms with Crippen molar-refractivity contribution in [1.29, 1.82) is 0 Å². The molecule has 76 valence electrons. The second-order valence-corrected chi connectivity index (χ2v) is 4.61. The normalized spacial score (nSPS) is 26.7. The Kier molecular flexibility index (Phi) is 3.47. The van der Waals surface area contributed by atoms with E-state index in [4.69, 9.17) is 16.3 Å². The Hall–Kier alpha value is -0.0500. The summed E-state index contributed by atoms with van der Waals surface area (Å²) in [5.74, 6) is 0. The highest BCUT2D eigenvalue weighted by Gasteiger charge is 2.25. The van der Waals surface area contributed by atoms with Gasteiger partial charge in [0.15, 0.2) is 0 Å². The molecule has 14 heavy (non-hydrogen) atoms. The van der Waals surface area contributed by atoms with Gasteiger partial charge in [-0.1, -0.05) is 39.7 Å². The summed E-state index contributed by atoms with van der Waals surface area (Å²) in [6, 6.07) is 7.93. The highest BCUT2D eigenvalue weighted by molar-refractivity contribution is 9.09. The van der Waals surface area contributed by atoms with E-state index in [2.05, 4.69) is 15.9 Å². The maximum atomic E-state index is 5.85. The van der Waals surface area contributed by atoms with Gasteiger partial charge in [-0.25, -0.2) is 0 Å². The van der Waals surface area contributed by atoms with E-state index in [1.54, 1.807) is 0 Å². The lowest BCUT2D eigenvalue weighted by Gasteiger charge is -2.12. The van der Waals surface area contributed by atoms with Crippen molar-refractivity contribution < 1.29 is 4.74 Å². The molecule has 0 bridgehead atoms. The summed E-state index contributed by atoms with van der Waals surface area (Å²) >= 11 is 9.27. The van der Waals surface area contributed by atoms with Crippen LogP contribution in [0.15, 0.2) is 24.3 Å². The Bertz CT molecular complexity index is 299. The Morgan fingerprint density at radius 3 is 2.57 bits per heavy atom. The van der Waals surface area contributed by atoms with E-state index in [0.717, 1.165) is 23.2 Å². The molecule has 3 heteroatoms. The number of hydrogen-bond donors (Lipinski definition) is 0. The minimum atomic E-state index is 0.259. The lowest BCUT2D eigenvalue weighted by Crippen LogP contribution is -2.07. The first-order valence-electron chi connectivity index (χ1n) is 4.76. The van der Waals surface area contributed by atoms with Crippen LogP contribution in [-0.4, -0.2) is 11.4 Å². The number of halogens is 2. The summed E-state index contributed by atoms with van der Waals surface area (Å²) < 4.78 is 5.85. The minimum Gasteiger partial charge on any atom is -0.369 e. The first-order chi connectivity index (χ1) is 6.79. The molecule has 1 saturated heterocycles. The van der Waals surface area contributed by atoms with Crippen LogP contribution in [-0.2, 0) is 4.74 Å². The number of alkyl halides is 1. The second kappa shape index (κ2) is 4.65. The molecule has 0 N–H and O–H groups in total. The van der Waals surface area contributed by atoms with Gasteiger partial charge in [-0.3, -0.25) is 0 Å². The van der Waals surface area contributed by atoms with E-state index in [1.165, 1.54) is 5.56 Å². The van der Waals surface area contributed by atoms with Gasteiger partial charge in [0, 0.05) is 10.4 Å². The van der Waals surface area contributed by atoms with Crippen molar-refractivity contribution in [3.05, 3.63) is 34.9 Å². The van der Waals surface area contributed by atoms with E-state index in [-0.39, 0.29) is 6.10 Å². The molecule has 0 unspecified atom stereocenters. The van der Waals surface area contributed by atoms with Crippen molar-refractivity contribution in [2.45, 2.75) is 25.0 Å². The van der Waals surface area contributed by atoms with Crippen molar-refractivity contribution >= 4 is 27.5 Å². The lowest BCUT2D eigenvalue weighted by molar-refractivity contribution is 0.0588. The molecule has 0 spiro atoms. The fourth-order valence-corrected chi connectivity index (χ4v) is 2.34. The van der Waals surface area contributed by atoms with Gasteiger partial charge >= 0.3 is 0 Å². The molecular weight excluding hydrogens is 263 g/mol. The Balaban J connectivity index is 2.06. The van der Waals surface area contributed by atoms with Gasteiger partial charge in [0.1, 0.15) is 0 Å². The van der Waals surface area contributed by atoms with Gasteiger partial charge in [-0.05, 0) is 30.5 Å². The van der Waals surface area contributed by atoms with Gasteiger partial charge in [0.2, 0.25) is 0 Å². The van der Waals surface area contributed by atoms with Crippen LogP contribution in [0.3, 0.4) is 0 Å². The first kappa shape index (κ1) is 10.5. The standard InChI is InChI=1S/C11H12BrClO/c12-7-10-5-6-11(14-10)8-1-3-9(13)4-2-8/h1-4,10-11H,5-7H2/t10-,11-/m1/s1. The van der Waals surface area contributed by atoms with Gasteiger partial charge in [-0.15, -0.1) is 0 Å². The second-order valence-electron chi connectivity index (χ2n) is 3.53. The predicted octanol–water partition coefficient (Wildman–Crippen LogP) is 3.96. The van der Waals surface area contributed by atoms with E-state index in [0.29, 0.717) is 6.10 Å². The zero-order valence-electron chi connectivity index (χ0n) is 7.75. The summed E-state index contributed by atoms with van der Waals surface area (Å²) in [4.78, 5) is 0. The van der Waals surface area contributed by atoms with Crippen LogP contribution in [0.2, 0.25) is 5.02 Å². The fraction of sp³-hybridized carbons (Fsp3) is 0.455. The van der Waals surface area contributed by atoms with Gasteiger partial charge in [0.05, 0.1) is 12.2 Å². The van der Waals surface area contributed by atoms with E-state index in [9.17, 15) is 0 Å². The van der Waals surface area contributed by atoms with Crippen LogP contribution in [0.25, 0.3) is 0 Å². The lowest BCUT2D eigenvalue weighted by atomic mass is 10.1. The van der Waals surface area contributed by atoms with Gasteiger partial charge in [0.25, 0.3) is 0 Å². The first-order valence-corrected chi connectivity index (χ1v) is 6.26. The molecule has 1 aromatic rings. The minimum absolute atomic E-state index is 0.259. The van der Waals surface area contributed by atoms with Crippen molar-refractivity contribution in [3.8, 4) is 0 Å². The summed E-state index contributed by atoms with van der Waals surface area (Å²) in [5, 5.41) is 1.71. The highest BCUT2D eigenvalue weighted by Crippen LogP contribution is 2.33. The molecule has 1 fully saturated rings. The zero-order valence-corrected chi connectivity index (χ0v) is 10.1. The largest absolute Gasteiger partial charge is 0.369 e. The number of benzene rings is 1. The van der Waals surface area contributed by atoms with Gasteiger partial charge in [-0.2, -0.15) is 0 Å². The van der Waals surface area contributed by atoms with Gasteiger partial charge < -0.3 is 4.74 Å². The molecule has 0 saturated carbocycles. The fourth-order valence-electron chi connectivity index (χ4n) is 1.74. The Morgan fingerprint density at radius 1 is 1.29 bits per heavy atom. The monoisotopic (exact) mass is 274 g/mol. The molecule has 0 amide bonds. The highest BCUT2D eigenvalue weighted by atomic mass is 79.9. The molecule has 2 atom stereocenters. The molecule has 0 aromatic heterocycles. The third-order valence-electron chi connectivity index (χ3n) is 2.52. The predicted molar refractivity (Wildman–Crippen MR) is 62.1 cm³/mol. The molecular formula is C11H12BrClO. The van der Waals surface area contributed by atoms with Crippen molar-refractivity contribution in [2.24, 2.45) is 0 Å². The quantitative estimate of drug-likeness (QED) is 0.743. The topological polar surface area (TPSA) is 9.23 Å². The van der Waals surface area contributed by atoms with Crippen LogP contribution in [0.1, 0.15) is 24.5 Å². The SMILES string of the molecule is Clc1ccc([C@H]2CC[C@H](CBr)O2)cc1. The van der Waals surface area contributed by atoms with E-state index >= 15 is 0 Å². The summed E-state index contributed by atoms with van der Waals surface area (Å²) in [6.45, 7) is 0. The van der Waals surface area contributed by atoms with E-state index in [1.807, 2.05) is 24.3 Å². The van der Waals surface area contributed by atoms with Crippen molar-refractivity contribution in [2.75, 3.05) is 5.33 Å². The molecule has 1 aliphatic heterocycles. The molecule has 1 heterocycles. The summed E-state index contributed by atoms with van der Waals surface area (Å²) in [7, 11) is 0. The third kappa shape index (κ3) is 2.30. The molecule has 0 radical (unpaired) electrons. The number of rotatable bonds is 2. The van der Waals surface area contributed by atoms with Crippen molar-refractivity contribution in [3.63, 3.8) is 0 Å². The maximum Gasteiger partial charge on any atom is 0.0830 e. The maximum absolute atomic E-state index is 5.85. The number of ether oxygens (including phenoxy) is 1. The molecule has 1 nitrogen and oxygen atoms in total. The molecule has 2 rings (SSSR count). The van der Waals surface area contributed by atoms with Crippen LogP contribution >= 0.6 is 27.5 Å². The van der Waals surface area contributed by atoms with Crippen LogP contribution in [0, 0.1) is 0 Å².